The van der Waals surface area contributed by atoms with Gasteiger partial charge < -0.3 is 10.6 Å². The summed E-state index contributed by atoms with van der Waals surface area (Å²) in [5.74, 6) is 0.171. The quantitative estimate of drug-likeness (QED) is 0.854. The van der Waals surface area contributed by atoms with Crippen LogP contribution in [0.1, 0.15) is 32.3 Å². The maximum atomic E-state index is 12.6. The minimum absolute atomic E-state index is 0.171. The van der Waals surface area contributed by atoms with E-state index in [0.717, 1.165) is 31.5 Å². The number of piperidine rings is 1. The number of carbonyl (C=O) groups is 1. The third-order valence-corrected chi connectivity index (χ3v) is 3.64. The highest BCUT2D eigenvalue weighted by Gasteiger charge is 2.41. The van der Waals surface area contributed by atoms with Crippen molar-refractivity contribution >= 4 is 5.91 Å². The Morgan fingerprint density at radius 1 is 1.22 bits per heavy atom. The zero-order chi connectivity index (χ0) is 13.0. The molecule has 0 radical (unpaired) electrons. The van der Waals surface area contributed by atoms with Gasteiger partial charge in [-0.15, -0.1) is 0 Å². The Hall–Kier alpha value is -1.35. The molecule has 3 nitrogen and oxygen atoms in total. The maximum Gasteiger partial charge on any atom is 0.230 e. The van der Waals surface area contributed by atoms with Gasteiger partial charge in [-0.3, -0.25) is 4.79 Å². The third-order valence-electron chi connectivity index (χ3n) is 3.64. The summed E-state index contributed by atoms with van der Waals surface area (Å²) >= 11 is 0. The van der Waals surface area contributed by atoms with Crippen LogP contribution in [0.3, 0.4) is 0 Å². The SMILES string of the molecule is CC(C)NC(=O)C1(c2ccccc2)CCNCC1. The molecule has 2 rings (SSSR count). The van der Waals surface area contributed by atoms with E-state index in [9.17, 15) is 4.79 Å². The monoisotopic (exact) mass is 246 g/mol. The van der Waals surface area contributed by atoms with Crippen LogP contribution in [0.15, 0.2) is 30.3 Å². The fourth-order valence-corrected chi connectivity index (χ4v) is 2.66. The molecule has 3 heteroatoms. The molecule has 0 unspecified atom stereocenters. The van der Waals surface area contributed by atoms with Gasteiger partial charge >= 0.3 is 0 Å². The van der Waals surface area contributed by atoms with Gasteiger partial charge in [-0.05, 0) is 45.3 Å². The van der Waals surface area contributed by atoms with Gasteiger partial charge in [0.25, 0.3) is 0 Å². The maximum absolute atomic E-state index is 12.6. The van der Waals surface area contributed by atoms with Crippen LogP contribution in [0, 0.1) is 0 Å². The van der Waals surface area contributed by atoms with Gasteiger partial charge in [-0.25, -0.2) is 0 Å². The van der Waals surface area contributed by atoms with Crippen molar-refractivity contribution in [2.24, 2.45) is 0 Å². The smallest absolute Gasteiger partial charge is 0.230 e. The summed E-state index contributed by atoms with van der Waals surface area (Å²) in [5.41, 5.74) is 0.793. The lowest BCUT2D eigenvalue weighted by atomic mass is 9.72. The van der Waals surface area contributed by atoms with Crippen LogP contribution in [0.25, 0.3) is 0 Å². The summed E-state index contributed by atoms with van der Waals surface area (Å²) in [6, 6.07) is 10.4. The molecule has 0 atom stereocenters. The van der Waals surface area contributed by atoms with E-state index in [1.54, 1.807) is 0 Å². The molecule has 1 saturated heterocycles. The summed E-state index contributed by atoms with van der Waals surface area (Å²) in [6.45, 7) is 5.83. The predicted molar refractivity (Wildman–Crippen MR) is 73.5 cm³/mol. The Labute approximate surface area is 109 Å². The van der Waals surface area contributed by atoms with E-state index < -0.39 is 0 Å². The molecule has 98 valence electrons. The van der Waals surface area contributed by atoms with Gasteiger partial charge in [0.1, 0.15) is 0 Å². The number of carbonyl (C=O) groups excluding carboxylic acids is 1. The fraction of sp³-hybridized carbons (Fsp3) is 0.533. The molecule has 1 aliphatic rings. The highest BCUT2D eigenvalue weighted by Crippen LogP contribution is 2.33. The zero-order valence-corrected chi connectivity index (χ0v) is 11.2. The molecule has 1 fully saturated rings. The normalized spacial score (nSPS) is 18.6. The minimum atomic E-state index is -0.350. The molecule has 18 heavy (non-hydrogen) atoms. The van der Waals surface area contributed by atoms with Crippen LogP contribution >= 0.6 is 0 Å². The second-order valence-electron chi connectivity index (χ2n) is 5.33. The van der Waals surface area contributed by atoms with Gasteiger partial charge in [0, 0.05) is 6.04 Å². The number of rotatable bonds is 3. The van der Waals surface area contributed by atoms with E-state index in [4.69, 9.17) is 0 Å². The molecule has 0 spiro atoms. The zero-order valence-electron chi connectivity index (χ0n) is 11.2. The van der Waals surface area contributed by atoms with Gasteiger partial charge in [0.15, 0.2) is 0 Å². The molecule has 0 bridgehead atoms. The topological polar surface area (TPSA) is 41.1 Å². The lowest BCUT2D eigenvalue weighted by Crippen LogP contribution is -2.52. The number of amides is 1. The first-order valence-electron chi connectivity index (χ1n) is 6.72. The Kier molecular flexibility index (Phi) is 4.02. The van der Waals surface area contributed by atoms with Crippen LogP contribution in [0.5, 0.6) is 0 Å². The van der Waals surface area contributed by atoms with Crippen molar-refractivity contribution in [2.45, 2.75) is 38.1 Å². The van der Waals surface area contributed by atoms with E-state index in [-0.39, 0.29) is 17.4 Å². The second-order valence-corrected chi connectivity index (χ2v) is 5.33. The molecule has 0 aromatic heterocycles. The lowest BCUT2D eigenvalue weighted by molar-refractivity contribution is -0.128. The molecule has 1 amide bonds. The van der Waals surface area contributed by atoms with E-state index >= 15 is 0 Å². The first-order chi connectivity index (χ1) is 8.65. The van der Waals surface area contributed by atoms with Gasteiger partial charge in [0.05, 0.1) is 5.41 Å². The largest absolute Gasteiger partial charge is 0.353 e. The Balaban J connectivity index is 2.31. The molecule has 1 heterocycles. The first-order valence-corrected chi connectivity index (χ1v) is 6.72. The molecule has 2 N–H and O–H groups in total. The summed E-state index contributed by atoms with van der Waals surface area (Å²) in [7, 11) is 0. The fourth-order valence-electron chi connectivity index (χ4n) is 2.66. The highest BCUT2D eigenvalue weighted by molar-refractivity contribution is 5.88. The predicted octanol–water partition coefficient (Wildman–Crippen LogP) is 1.83. The summed E-state index contributed by atoms with van der Waals surface area (Å²) in [4.78, 5) is 12.6. The van der Waals surface area contributed by atoms with Crippen LogP contribution in [-0.4, -0.2) is 25.0 Å². The van der Waals surface area contributed by atoms with Gasteiger partial charge in [-0.1, -0.05) is 30.3 Å². The first kappa shape index (κ1) is 13.1. The Morgan fingerprint density at radius 3 is 2.39 bits per heavy atom. The molecule has 1 aliphatic heterocycles. The van der Waals surface area contributed by atoms with Crippen molar-refractivity contribution < 1.29 is 4.79 Å². The molecule has 0 aliphatic carbocycles. The van der Waals surface area contributed by atoms with Crippen LogP contribution in [-0.2, 0) is 10.2 Å². The van der Waals surface area contributed by atoms with Gasteiger partial charge in [0.2, 0.25) is 5.91 Å². The van der Waals surface area contributed by atoms with Crippen LogP contribution in [0.2, 0.25) is 0 Å². The summed E-state index contributed by atoms with van der Waals surface area (Å²) in [6.07, 6.45) is 1.74. The van der Waals surface area contributed by atoms with Crippen molar-refractivity contribution in [2.75, 3.05) is 13.1 Å². The standard InChI is InChI=1S/C15H22N2O/c1-12(2)17-14(18)15(8-10-16-11-9-15)13-6-4-3-5-7-13/h3-7,12,16H,8-11H2,1-2H3,(H,17,18). The molecular weight excluding hydrogens is 224 g/mol. The van der Waals surface area contributed by atoms with Crippen molar-refractivity contribution in [3.8, 4) is 0 Å². The van der Waals surface area contributed by atoms with Crippen molar-refractivity contribution in [1.82, 2.24) is 10.6 Å². The number of hydrogen-bond acceptors (Lipinski definition) is 2. The van der Waals surface area contributed by atoms with Gasteiger partial charge in [-0.2, -0.15) is 0 Å². The minimum Gasteiger partial charge on any atom is -0.353 e. The van der Waals surface area contributed by atoms with Crippen molar-refractivity contribution in [3.63, 3.8) is 0 Å². The highest BCUT2D eigenvalue weighted by atomic mass is 16.2. The lowest BCUT2D eigenvalue weighted by Gasteiger charge is -2.37. The van der Waals surface area contributed by atoms with E-state index in [1.807, 2.05) is 32.0 Å². The summed E-state index contributed by atoms with van der Waals surface area (Å²) < 4.78 is 0. The van der Waals surface area contributed by atoms with Crippen LogP contribution < -0.4 is 10.6 Å². The number of benzene rings is 1. The Morgan fingerprint density at radius 2 is 1.83 bits per heavy atom. The number of hydrogen-bond donors (Lipinski definition) is 2. The second kappa shape index (κ2) is 5.53. The van der Waals surface area contributed by atoms with Crippen LogP contribution in [0.4, 0.5) is 0 Å². The average molecular weight is 246 g/mol. The Bertz CT molecular complexity index is 394. The molecular formula is C15H22N2O. The molecule has 1 aromatic carbocycles. The average Bonchev–Trinajstić information content (AvgIpc) is 2.40. The number of nitrogens with one attached hydrogen (secondary N) is 2. The van der Waals surface area contributed by atoms with E-state index in [0.29, 0.717) is 0 Å². The van der Waals surface area contributed by atoms with Crippen molar-refractivity contribution in [3.05, 3.63) is 35.9 Å². The van der Waals surface area contributed by atoms with E-state index in [1.165, 1.54) is 0 Å². The molecule has 1 aromatic rings. The molecule has 0 saturated carbocycles. The van der Waals surface area contributed by atoms with Crippen molar-refractivity contribution in [1.29, 1.82) is 0 Å². The third kappa shape index (κ3) is 2.56. The van der Waals surface area contributed by atoms with E-state index in [2.05, 4.69) is 22.8 Å². The summed E-state index contributed by atoms with van der Waals surface area (Å²) in [5, 5.41) is 6.42.